The standard InChI is InChI=1S/C24H23FN4O3/c1-17(30)32-24(18-8-4-2-5-9-18)22(29-16-26-15-27-29)23(31)20-11-10-19(25)14-21(20)28-12-6-3-7-13-28/h2,4-5,8-11,14-16H,3,6-7,12-13H2,1H3/b24-22-. The zero-order valence-electron chi connectivity index (χ0n) is 17.7. The molecule has 1 saturated heterocycles. The van der Waals surface area contributed by atoms with Crippen LogP contribution in [-0.4, -0.2) is 39.6 Å². The summed E-state index contributed by atoms with van der Waals surface area (Å²) in [7, 11) is 0. The van der Waals surface area contributed by atoms with Crippen molar-refractivity contribution in [2.75, 3.05) is 18.0 Å². The molecule has 4 rings (SSSR count). The highest BCUT2D eigenvalue weighted by Crippen LogP contribution is 2.32. The van der Waals surface area contributed by atoms with E-state index >= 15 is 0 Å². The van der Waals surface area contributed by atoms with Crippen molar-refractivity contribution in [3.63, 3.8) is 0 Å². The molecule has 2 heterocycles. The zero-order valence-corrected chi connectivity index (χ0v) is 17.7. The fourth-order valence-corrected chi connectivity index (χ4v) is 3.83. The number of esters is 1. The molecule has 3 aromatic rings. The van der Waals surface area contributed by atoms with Crippen LogP contribution in [0.2, 0.25) is 0 Å². The number of allylic oxidation sites excluding steroid dienone is 1. The number of hydrogen-bond acceptors (Lipinski definition) is 6. The number of Topliss-reactive ketones (excluding diaryl/α,β-unsaturated/α-hetero) is 1. The van der Waals surface area contributed by atoms with E-state index in [9.17, 15) is 14.0 Å². The number of rotatable bonds is 6. The maximum Gasteiger partial charge on any atom is 0.308 e. The molecule has 1 fully saturated rings. The Morgan fingerprint density at radius 3 is 2.44 bits per heavy atom. The van der Waals surface area contributed by atoms with Crippen molar-refractivity contribution in [2.45, 2.75) is 26.2 Å². The van der Waals surface area contributed by atoms with Crippen LogP contribution in [0.4, 0.5) is 10.1 Å². The number of hydrogen-bond donors (Lipinski definition) is 0. The van der Waals surface area contributed by atoms with E-state index in [4.69, 9.17) is 4.74 Å². The summed E-state index contributed by atoms with van der Waals surface area (Å²) < 4.78 is 21.0. The first-order chi connectivity index (χ1) is 15.5. The maximum atomic E-state index is 14.2. The molecule has 0 bridgehead atoms. The number of ketones is 1. The monoisotopic (exact) mass is 434 g/mol. The van der Waals surface area contributed by atoms with Crippen LogP contribution in [0.3, 0.4) is 0 Å². The number of ether oxygens (including phenoxy) is 1. The van der Waals surface area contributed by atoms with Gasteiger partial charge in [0, 0.05) is 31.1 Å². The number of piperidine rings is 1. The molecule has 0 atom stereocenters. The Labute approximate surface area is 185 Å². The molecular weight excluding hydrogens is 411 g/mol. The Morgan fingerprint density at radius 1 is 1.03 bits per heavy atom. The van der Waals surface area contributed by atoms with E-state index in [1.807, 2.05) is 11.0 Å². The van der Waals surface area contributed by atoms with Crippen molar-refractivity contribution in [1.29, 1.82) is 0 Å². The lowest BCUT2D eigenvalue weighted by molar-refractivity contribution is -0.134. The highest BCUT2D eigenvalue weighted by Gasteiger charge is 2.28. The molecule has 0 radical (unpaired) electrons. The topological polar surface area (TPSA) is 77.3 Å². The molecule has 1 aliphatic rings. The maximum absolute atomic E-state index is 14.2. The van der Waals surface area contributed by atoms with E-state index < -0.39 is 17.6 Å². The summed E-state index contributed by atoms with van der Waals surface area (Å²) in [5.74, 6) is -1.39. The first-order valence-corrected chi connectivity index (χ1v) is 10.5. The summed E-state index contributed by atoms with van der Waals surface area (Å²) in [5, 5.41) is 4.12. The van der Waals surface area contributed by atoms with Crippen LogP contribution in [-0.2, 0) is 9.53 Å². The van der Waals surface area contributed by atoms with Crippen LogP contribution in [0, 0.1) is 5.82 Å². The minimum atomic E-state index is -0.579. The average molecular weight is 434 g/mol. The molecule has 7 nitrogen and oxygen atoms in total. The highest BCUT2D eigenvalue weighted by atomic mass is 19.1. The highest BCUT2D eigenvalue weighted by molar-refractivity contribution is 6.31. The van der Waals surface area contributed by atoms with Crippen LogP contribution in [0.15, 0.2) is 61.2 Å². The molecule has 32 heavy (non-hydrogen) atoms. The van der Waals surface area contributed by atoms with Crippen molar-refractivity contribution in [1.82, 2.24) is 14.8 Å². The Morgan fingerprint density at radius 2 is 1.78 bits per heavy atom. The third-order valence-corrected chi connectivity index (χ3v) is 5.26. The first-order valence-electron chi connectivity index (χ1n) is 10.5. The van der Waals surface area contributed by atoms with E-state index in [2.05, 4.69) is 10.1 Å². The Balaban J connectivity index is 1.91. The summed E-state index contributed by atoms with van der Waals surface area (Å²) in [4.78, 5) is 31.9. The predicted molar refractivity (Wildman–Crippen MR) is 118 cm³/mol. The SMILES string of the molecule is CC(=O)O/C(=C(/C(=O)c1ccc(F)cc1N1CCCCC1)n1cncn1)c1ccccc1. The van der Waals surface area contributed by atoms with Gasteiger partial charge >= 0.3 is 5.97 Å². The van der Waals surface area contributed by atoms with Crippen molar-refractivity contribution in [2.24, 2.45) is 0 Å². The molecule has 0 N–H and O–H groups in total. The Bertz CT molecular complexity index is 1140. The van der Waals surface area contributed by atoms with Gasteiger partial charge in [0.1, 0.15) is 18.5 Å². The molecule has 0 aliphatic carbocycles. The number of aromatic nitrogens is 3. The molecule has 2 aromatic carbocycles. The molecule has 1 aromatic heterocycles. The lowest BCUT2D eigenvalue weighted by atomic mass is 10.0. The van der Waals surface area contributed by atoms with Gasteiger partial charge in [-0.15, -0.1) is 0 Å². The van der Waals surface area contributed by atoms with Gasteiger partial charge in [0.05, 0.1) is 5.69 Å². The zero-order chi connectivity index (χ0) is 22.5. The number of carbonyl (C=O) groups is 2. The lowest BCUT2D eigenvalue weighted by Gasteiger charge is -2.30. The second-order valence-electron chi connectivity index (χ2n) is 7.52. The van der Waals surface area contributed by atoms with Crippen molar-refractivity contribution in [3.05, 3.63) is 78.1 Å². The van der Waals surface area contributed by atoms with Crippen molar-refractivity contribution < 1.29 is 18.7 Å². The van der Waals surface area contributed by atoms with Crippen LogP contribution in [0.25, 0.3) is 11.5 Å². The summed E-state index contributed by atoms with van der Waals surface area (Å²) in [5.41, 5.74) is 1.37. The van der Waals surface area contributed by atoms with Crippen LogP contribution in [0.1, 0.15) is 42.1 Å². The van der Waals surface area contributed by atoms with E-state index in [-0.39, 0.29) is 11.5 Å². The van der Waals surface area contributed by atoms with E-state index in [0.29, 0.717) is 16.8 Å². The van der Waals surface area contributed by atoms with Gasteiger partial charge in [-0.2, -0.15) is 5.10 Å². The van der Waals surface area contributed by atoms with Crippen molar-refractivity contribution in [3.8, 4) is 0 Å². The minimum absolute atomic E-state index is 0.0220. The van der Waals surface area contributed by atoms with Crippen molar-refractivity contribution >= 4 is 28.9 Å². The first kappa shape index (κ1) is 21.4. The number of anilines is 1. The lowest BCUT2D eigenvalue weighted by Crippen LogP contribution is -2.31. The van der Waals surface area contributed by atoms with Gasteiger partial charge in [0.2, 0.25) is 5.78 Å². The quantitative estimate of drug-likeness (QED) is 0.251. The van der Waals surface area contributed by atoms with Gasteiger partial charge in [-0.3, -0.25) is 9.59 Å². The Kier molecular flexibility index (Phi) is 6.39. The van der Waals surface area contributed by atoms with Gasteiger partial charge in [-0.05, 0) is 37.5 Å². The fraction of sp³-hybridized carbons (Fsp3) is 0.250. The van der Waals surface area contributed by atoms with Crippen LogP contribution in [0.5, 0.6) is 0 Å². The number of benzene rings is 2. The molecular formula is C24H23FN4O3. The van der Waals surface area contributed by atoms with Gasteiger partial charge in [0.25, 0.3) is 0 Å². The molecule has 0 spiro atoms. The summed E-state index contributed by atoms with van der Waals surface area (Å²) >= 11 is 0. The summed E-state index contributed by atoms with van der Waals surface area (Å²) in [6.07, 6.45) is 5.70. The van der Waals surface area contributed by atoms with Gasteiger partial charge in [-0.1, -0.05) is 30.3 Å². The Hall–Kier alpha value is -3.81. The number of halogens is 1. The second kappa shape index (κ2) is 9.55. The molecule has 0 saturated carbocycles. The molecule has 8 heteroatoms. The normalized spacial score (nSPS) is 14.6. The third-order valence-electron chi connectivity index (χ3n) is 5.26. The van der Waals surface area contributed by atoms with E-state index in [0.717, 1.165) is 32.4 Å². The molecule has 0 amide bonds. The number of nitrogens with zero attached hydrogens (tertiary/aromatic N) is 4. The van der Waals surface area contributed by atoms with Gasteiger partial charge in [-0.25, -0.2) is 14.1 Å². The smallest absolute Gasteiger partial charge is 0.308 e. The van der Waals surface area contributed by atoms with E-state index in [1.54, 1.807) is 24.3 Å². The van der Waals surface area contributed by atoms with Gasteiger partial charge < -0.3 is 9.64 Å². The van der Waals surface area contributed by atoms with Crippen LogP contribution >= 0.6 is 0 Å². The van der Waals surface area contributed by atoms with Gasteiger partial charge in [0.15, 0.2) is 11.5 Å². The molecule has 164 valence electrons. The second-order valence-corrected chi connectivity index (χ2v) is 7.52. The number of carbonyl (C=O) groups excluding carboxylic acids is 2. The molecule has 1 aliphatic heterocycles. The van der Waals surface area contributed by atoms with Crippen LogP contribution < -0.4 is 4.90 Å². The average Bonchev–Trinajstić information content (AvgIpc) is 3.34. The third kappa shape index (κ3) is 4.59. The molecule has 0 unspecified atom stereocenters. The fourth-order valence-electron chi connectivity index (χ4n) is 3.83. The largest absolute Gasteiger partial charge is 0.424 e. The predicted octanol–water partition coefficient (Wildman–Crippen LogP) is 4.18. The minimum Gasteiger partial charge on any atom is -0.424 e. The summed E-state index contributed by atoms with van der Waals surface area (Å²) in [6.45, 7) is 2.74. The van der Waals surface area contributed by atoms with E-state index in [1.165, 1.54) is 42.5 Å². The summed E-state index contributed by atoms with van der Waals surface area (Å²) in [6, 6.07) is 12.9.